The van der Waals surface area contributed by atoms with E-state index in [0.29, 0.717) is 32.1 Å². The van der Waals surface area contributed by atoms with E-state index in [2.05, 4.69) is 10.3 Å². The molecule has 2 aliphatic heterocycles. The van der Waals surface area contributed by atoms with Gasteiger partial charge in [0.2, 0.25) is 23.6 Å². The number of hydrogen-bond acceptors (Lipinski definition) is 10. The van der Waals surface area contributed by atoms with Gasteiger partial charge in [-0.3, -0.25) is 38.5 Å². The van der Waals surface area contributed by atoms with Crippen molar-refractivity contribution in [1.29, 1.82) is 0 Å². The number of unbranched alkanes of at least 4 members (excludes halogenated alkanes) is 2. The highest BCUT2D eigenvalue weighted by Crippen LogP contribution is 2.50. The third-order valence-corrected chi connectivity index (χ3v) is 14.0. The van der Waals surface area contributed by atoms with Crippen LogP contribution in [-0.2, 0) is 54.3 Å². The van der Waals surface area contributed by atoms with Gasteiger partial charge in [0.15, 0.2) is 0 Å². The third-order valence-electron chi connectivity index (χ3n) is 14.0. The summed E-state index contributed by atoms with van der Waals surface area (Å²) in [5.74, 6) is -6.55. The Morgan fingerprint density at radius 1 is 0.897 bits per heavy atom. The summed E-state index contributed by atoms with van der Waals surface area (Å²) in [7, 11) is 6.12. The number of carbonyl (C=O) groups excluding carboxylic acids is 7. The van der Waals surface area contributed by atoms with Crippen molar-refractivity contribution in [3.05, 3.63) is 47.8 Å². The molecule has 2 fully saturated rings. The van der Waals surface area contributed by atoms with E-state index in [0.717, 1.165) is 11.3 Å². The Kier molecular flexibility index (Phi) is 20.1. The number of carbonyl (C=O) groups is 8. The molecular formula is C50H73FN6O11. The minimum Gasteiger partial charge on any atom is -0.477 e. The molecule has 68 heavy (non-hydrogen) atoms. The number of piperidine rings is 1. The number of carboxylic acids is 1. The normalized spacial score (nSPS) is 21.0. The number of hydrogen-bond donors (Lipinski definition) is 2. The Labute approximate surface area is 400 Å². The van der Waals surface area contributed by atoms with Crippen LogP contribution in [0.1, 0.15) is 105 Å². The highest BCUT2D eigenvalue weighted by molar-refractivity contribution is 6.37. The first-order valence-electron chi connectivity index (χ1n) is 23.9. The second-order valence-electron chi connectivity index (χ2n) is 19.3. The zero-order chi connectivity index (χ0) is 50.7. The predicted molar refractivity (Wildman–Crippen MR) is 251 cm³/mol. The zero-order valence-corrected chi connectivity index (χ0v) is 41.6. The van der Waals surface area contributed by atoms with Crippen molar-refractivity contribution in [3.8, 4) is 0 Å². The lowest BCUT2D eigenvalue weighted by atomic mass is 9.89. The van der Waals surface area contributed by atoms with Crippen molar-refractivity contribution in [2.45, 2.75) is 149 Å². The number of methoxy groups -OCH3 is 2. The van der Waals surface area contributed by atoms with Crippen LogP contribution in [0.5, 0.6) is 0 Å². The van der Waals surface area contributed by atoms with Crippen molar-refractivity contribution in [2.24, 2.45) is 34.6 Å². The van der Waals surface area contributed by atoms with E-state index in [1.54, 1.807) is 36.9 Å². The van der Waals surface area contributed by atoms with Gasteiger partial charge >= 0.3 is 5.97 Å². The molecule has 0 radical (unpaired) electrons. The number of likely N-dealkylation sites (N-methyl/N-ethyl adjacent to an activating group) is 2. The molecule has 1 aromatic rings. The fourth-order valence-electron chi connectivity index (χ4n) is 9.82. The van der Waals surface area contributed by atoms with Gasteiger partial charge in [0.25, 0.3) is 17.7 Å². The predicted octanol–water partition coefficient (Wildman–Crippen LogP) is 4.45. The highest BCUT2D eigenvalue weighted by atomic mass is 19.1. The lowest BCUT2D eigenvalue weighted by molar-refractivity contribution is -0.149. The van der Waals surface area contributed by atoms with Crippen LogP contribution >= 0.6 is 0 Å². The van der Waals surface area contributed by atoms with Gasteiger partial charge in [-0.2, -0.15) is 0 Å². The number of imide groups is 1. The van der Waals surface area contributed by atoms with Gasteiger partial charge in [-0.1, -0.05) is 79.5 Å². The van der Waals surface area contributed by atoms with Crippen LogP contribution in [0.3, 0.4) is 0 Å². The summed E-state index contributed by atoms with van der Waals surface area (Å²) in [6.07, 6.45) is 4.06. The number of rotatable bonds is 26. The van der Waals surface area contributed by atoms with Crippen molar-refractivity contribution in [1.82, 2.24) is 24.9 Å². The first kappa shape index (κ1) is 55.2. The molecule has 18 heteroatoms. The van der Waals surface area contributed by atoms with Gasteiger partial charge < -0.3 is 34.6 Å². The molecule has 0 aromatic heterocycles. The summed E-state index contributed by atoms with van der Waals surface area (Å²) in [5.41, 5.74) is -0.440. The minimum absolute atomic E-state index is 0.0785. The van der Waals surface area contributed by atoms with E-state index in [9.17, 15) is 47.9 Å². The van der Waals surface area contributed by atoms with Crippen molar-refractivity contribution in [2.75, 3.05) is 34.9 Å². The third kappa shape index (κ3) is 13.4. The average Bonchev–Trinajstić information content (AvgIpc) is 3.84. The first-order valence-corrected chi connectivity index (χ1v) is 23.9. The number of fused-ring (bicyclic) bond motifs is 1. The van der Waals surface area contributed by atoms with Crippen LogP contribution in [0.4, 0.5) is 4.39 Å². The SMILES string of the molecule is CC[C@H](C)C(C(CC(=O)N1C2C[C@@H]2C[C@H]1[C@H](OC)[C@@H](C)C(=O)N=C(Cc1ccccc1F)C(=O)O)OC)N(C)C(=O)[C@@H](NC(=O)[C@H](C(C)C)N(C)C(=O)CCCCCN1C(=O)C=CC1=O)C(C)C. The number of ether oxygens (including phenoxy) is 2. The standard InChI is InChI=1S/C50H73FN6O11/c1-12-30(6)45(55(9)49(64)43(28(2)3)53-48(63)44(29(4)5)54(8)39(58)20-14-13-17-23-56-40(59)21-22-41(56)60)38(67-10)27-42(61)57-36-25-33(36)26-37(57)46(68-11)31(7)47(62)52-35(50(65)66)24-32-18-15-16-19-34(32)51/h15-16,18-19,21-22,28-31,33,36-38,43-46H,12-14,17,20,23-27H2,1-11H3,(H,53,63)(H,65,66)/t30-,31+,33+,36?,37-,38?,43-,44-,45?,46+/m0/s1. The molecular weight excluding hydrogens is 880 g/mol. The topological polar surface area (TPSA) is 213 Å². The Morgan fingerprint density at radius 3 is 2.10 bits per heavy atom. The fraction of sp³-hybridized carbons (Fsp3) is 0.660. The smallest absolute Gasteiger partial charge is 0.350 e. The van der Waals surface area contributed by atoms with Crippen LogP contribution in [0.2, 0.25) is 0 Å². The maximum absolute atomic E-state index is 14.6. The Bertz CT molecular complexity index is 2060. The zero-order valence-electron chi connectivity index (χ0n) is 41.6. The van der Waals surface area contributed by atoms with E-state index in [4.69, 9.17) is 9.47 Å². The largest absolute Gasteiger partial charge is 0.477 e. The monoisotopic (exact) mass is 953 g/mol. The van der Waals surface area contributed by atoms with Crippen LogP contribution < -0.4 is 5.32 Å². The van der Waals surface area contributed by atoms with E-state index in [1.807, 2.05) is 41.5 Å². The molecule has 1 saturated carbocycles. The van der Waals surface area contributed by atoms with E-state index >= 15 is 0 Å². The van der Waals surface area contributed by atoms with Gasteiger partial charge in [-0.15, -0.1) is 0 Å². The number of carboxylic acid groups (broad SMARTS) is 1. The van der Waals surface area contributed by atoms with Gasteiger partial charge in [0.05, 0.1) is 36.6 Å². The maximum Gasteiger partial charge on any atom is 0.350 e. The highest BCUT2D eigenvalue weighted by Gasteiger charge is 2.57. The molecule has 2 heterocycles. The Balaban J connectivity index is 1.46. The number of amides is 7. The first-order chi connectivity index (χ1) is 32.1. The number of halogens is 1. The molecule has 4 rings (SSSR count). The summed E-state index contributed by atoms with van der Waals surface area (Å²) in [6, 6.07) is 2.53. The summed E-state index contributed by atoms with van der Waals surface area (Å²) in [5, 5.41) is 12.8. The average molecular weight is 953 g/mol. The van der Waals surface area contributed by atoms with Crippen LogP contribution in [-0.4, -0.2) is 155 Å². The van der Waals surface area contributed by atoms with Crippen LogP contribution in [0.15, 0.2) is 41.4 Å². The van der Waals surface area contributed by atoms with Crippen molar-refractivity contribution in [3.63, 3.8) is 0 Å². The molecule has 2 N–H and O–H groups in total. The van der Waals surface area contributed by atoms with Gasteiger partial charge in [0.1, 0.15) is 23.6 Å². The van der Waals surface area contributed by atoms with Gasteiger partial charge in [0, 0.05) is 65.9 Å². The fourth-order valence-corrected chi connectivity index (χ4v) is 9.82. The number of nitrogens with zero attached hydrogens (tertiary/aromatic N) is 5. The van der Waals surface area contributed by atoms with Crippen molar-refractivity contribution < 1.29 is 57.3 Å². The van der Waals surface area contributed by atoms with E-state index in [-0.39, 0.29) is 84.2 Å². The van der Waals surface area contributed by atoms with Crippen LogP contribution in [0, 0.1) is 35.4 Å². The second-order valence-corrected chi connectivity index (χ2v) is 19.3. The molecule has 17 nitrogen and oxygen atoms in total. The summed E-state index contributed by atoms with van der Waals surface area (Å²) in [6.45, 7) is 13.1. The molecule has 1 saturated heterocycles. The molecule has 1 aromatic carbocycles. The van der Waals surface area contributed by atoms with E-state index < -0.39 is 78.0 Å². The number of likely N-dealkylation sites (tertiary alicyclic amines) is 1. The summed E-state index contributed by atoms with van der Waals surface area (Å²) >= 11 is 0. The number of aliphatic imine (C=N–C) groups is 1. The van der Waals surface area contributed by atoms with Crippen LogP contribution in [0.25, 0.3) is 0 Å². The maximum atomic E-state index is 14.6. The second kappa shape index (κ2) is 24.8. The number of nitrogens with one attached hydrogen (secondary N) is 1. The van der Waals surface area contributed by atoms with Gasteiger partial charge in [-0.25, -0.2) is 14.2 Å². The minimum atomic E-state index is -1.46. The summed E-state index contributed by atoms with van der Waals surface area (Å²) in [4.78, 5) is 116. The molecule has 376 valence electrons. The lowest BCUT2D eigenvalue weighted by Gasteiger charge is -2.41. The molecule has 0 bridgehead atoms. The molecule has 7 amide bonds. The quantitative estimate of drug-likeness (QED) is 0.0753. The summed E-state index contributed by atoms with van der Waals surface area (Å²) < 4.78 is 26.3. The molecule has 3 unspecified atom stereocenters. The number of benzene rings is 1. The Hall–Kier alpha value is -5.36. The lowest BCUT2D eigenvalue weighted by Crippen LogP contribution is -2.60. The molecule has 0 spiro atoms. The molecule has 1 aliphatic carbocycles. The van der Waals surface area contributed by atoms with E-state index in [1.165, 1.54) is 49.5 Å². The molecule has 3 aliphatic rings. The van der Waals surface area contributed by atoms with Gasteiger partial charge in [-0.05, 0) is 61.0 Å². The Morgan fingerprint density at radius 2 is 1.54 bits per heavy atom. The number of aliphatic carboxylic acids is 1. The molecule has 10 atom stereocenters. The van der Waals surface area contributed by atoms with Crippen molar-refractivity contribution >= 4 is 53.0 Å².